The van der Waals surface area contributed by atoms with Crippen molar-refractivity contribution in [1.29, 1.82) is 0 Å². The average molecular weight is 324 g/mol. The summed E-state index contributed by atoms with van der Waals surface area (Å²) >= 11 is 0. The second-order valence-electron chi connectivity index (χ2n) is 5.52. The summed E-state index contributed by atoms with van der Waals surface area (Å²) in [6, 6.07) is 6.08. The van der Waals surface area contributed by atoms with E-state index < -0.39 is 0 Å². The predicted molar refractivity (Wildman–Crippen MR) is 89.5 cm³/mol. The number of aryl methyl sites for hydroxylation is 1. The third kappa shape index (κ3) is 3.99. The van der Waals surface area contributed by atoms with Crippen molar-refractivity contribution < 1.29 is 9.21 Å². The number of nitrogens with zero attached hydrogens (tertiary/aromatic N) is 1. The molecule has 6 heteroatoms. The Morgan fingerprint density at radius 3 is 3.09 bits per heavy atom. The molecule has 2 heterocycles. The summed E-state index contributed by atoms with van der Waals surface area (Å²) in [6.07, 6.45) is 4.62. The average Bonchev–Trinajstić information content (AvgIpc) is 3.13. The van der Waals surface area contributed by atoms with Crippen LogP contribution in [0.25, 0.3) is 11.1 Å². The normalized spacial score (nSPS) is 17.4. The van der Waals surface area contributed by atoms with Crippen LogP contribution in [0.3, 0.4) is 0 Å². The standard InChI is InChI=1S/C16H21N3O2.ClH/c1-2-16-19-13-10-12(5-7-14(13)21-16)18-15(20)8-6-11-4-3-9-17-11;/h5,7,10-11,17H,2-4,6,8-9H2,1H3,(H,18,20);1H. The zero-order chi connectivity index (χ0) is 14.7. The Kier molecular flexibility index (Phi) is 5.80. The molecular formula is C16H22ClN3O2. The molecule has 1 atom stereocenters. The smallest absolute Gasteiger partial charge is 0.224 e. The van der Waals surface area contributed by atoms with E-state index in [-0.39, 0.29) is 18.3 Å². The van der Waals surface area contributed by atoms with Crippen LogP contribution < -0.4 is 10.6 Å². The van der Waals surface area contributed by atoms with E-state index in [1.54, 1.807) is 0 Å². The molecule has 1 aliphatic rings. The molecule has 1 aliphatic heterocycles. The van der Waals surface area contributed by atoms with Crippen molar-refractivity contribution in [2.45, 2.75) is 45.1 Å². The highest BCUT2D eigenvalue weighted by atomic mass is 35.5. The first kappa shape index (κ1) is 16.8. The first-order valence-electron chi connectivity index (χ1n) is 7.67. The molecule has 0 radical (unpaired) electrons. The Hall–Kier alpha value is -1.59. The number of rotatable bonds is 5. The number of aromatic nitrogens is 1. The molecule has 5 nitrogen and oxygen atoms in total. The summed E-state index contributed by atoms with van der Waals surface area (Å²) in [5.74, 6) is 0.781. The number of hydrogen-bond donors (Lipinski definition) is 2. The quantitative estimate of drug-likeness (QED) is 0.886. The van der Waals surface area contributed by atoms with Gasteiger partial charge in [0.1, 0.15) is 5.52 Å². The van der Waals surface area contributed by atoms with Gasteiger partial charge >= 0.3 is 0 Å². The van der Waals surface area contributed by atoms with Crippen LogP contribution in [0.5, 0.6) is 0 Å². The molecule has 1 amide bonds. The lowest BCUT2D eigenvalue weighted by Gasteiger charge is -2.09. The number of benzene rings is 1. The molecule has 1 fully saturated rings. The lowest BCUT2D eigenvalue weighted by Crippen LogP contribution is -2.23. The van der Waals surface area contributed by atoms with Crippen molar-refractivity contribution in [2.24, 2.45) is 0 Å². The number of oxazole rings is 1. The maximum atomic E-state index is 12.0. The number of hydrogen-bond acceptors (Lipinski definition) is 4. The van der Waals surface area contributed by atoms with Crippen molar-refractivity contribution in [3.63, 3.8) is 0 Å². The molecule has 3 rings (SSSR count). The molecule has 1 saturated heterocycles. The molecule has 0 aliphatic carbocycles. The molecule has 2 aromatic rings. The van der Waals surface area contributed by atoms with E-state index >= 15 is 0 Å². The third-order valence-electron chi connectivity index (χ3n) is 3.90. The minimum Gasteiger partial charge on any atom is -0.441 e. The van der Waals surface area contributed by atoms with Crippen molar-refractivity contribution in [2.75, 3.05) is 11.9 Å². The largest absolute Gasteiger partial charge is 0.441 e. The molecule has 0 bridgehead atoms. The van der Waals surface area contributed by atoms with Crippen molar-refractivity contribution in [3.05, 3.63) is 24.1 Å². The number of amides is 1. The number of fused-ring (bicyclic) bond motifs is 1. The van der Waals surface area contributed by atoms with Gasteiger partial charge < -0.3 is 15.1 Å². The minimum absolute atomic E-state index is 0. The number of anilines is 1. The molecule has 1 aromatic carbocycles. The summed E-state index contributed by atoms with van der Waals surface area (Å²) in [4.78, 5) is 16.4. The Morgan fingerprint density at radius 1 is 1.50 bits per heavy atom. The van der Waals surface area contributed by atoms with Gasteiger partial charge in [0.05, 0.1) is 0 Å². The highest BCUT2D eigenvalue weighted by molar-refractivity contribution is 5.92. The van der Waals surface area contributed by atoms with Gasteiger partial charge in [-0.15, -0.1) is 12.4 Å². The topological polar surface area (TPSA) is 67.2 Å². The zero-order valence-corrected chi connectivity index (χ0v) is 13.5. The van der Waals surface area contributed by atoms with Crippen LogP contribution in [0.4, 0.5) is 5.69 Å². The van der Waals surface area contributed by atoms with Crippen LogP contribution in [0, 0.1) is 0 Å². The summed E-state index contributed by atoms with van der Waals surface area (Å²) in [5, 5.41) is 6.34. The molecule has 2 N–H and O–H groups in total. The van der Waals surface area contributed by atoms with E-state index in [9.17, 15) is 4.79 Å². The van der Waals surface area contributed by atoms with E-state index in [1.165, 1.54) is 12.8 Å². The maximum Gasteiger partial charge on any atom is 0.224 e. The fraction of sp³-hybridized carbons (Fsp3) is 0.500. The van der Waals surface area contributed by atoms with Gasteiger partial charge in [-0.2, -0.15) is 0 Å². The van der Waals surface area contributed by atoms with E-state index in [1.807, 2.05) is 25.1 Å². The Morgan fingerprint density at radius 2 is 2.36 bits per heavy atom. The molecule has 1 unspecified atom stereocenters. The Bertz CT molecular complexity index is 635. The van der Waals surface area contributed by atoms with Gasteiger partial charge in [-0.3, -0.25) is 4.79 Å². The Balaban J connectivity index is 0.00000176. The van der Waals surface area contributed by atoms with Gasteiger partial charge in [-0.05, 0) is 44.0 Å². The lowest BCUT2D eigenvalue weighted by molar-refractivity contribution is -0.116. The van der Waals surface area contributed by atoms with Crippen molar-refractivity contribution in [1.82, 2.24) is 10.3 Å². The van der Waals surface area contributed by atoms with Gasteiger partial charge in [-0.1, -0.05) is 6.92 Å². The summed E-state index contributed by atoms with van der Waals surface area (Å²) in [5.41, 5.74) is 2.34. The predicted octanol–water partition coefficient (Wildman–Crippen LogP) is 3.28. The molecular weight excluding hydrogens is 302 g/mol. The fourth-order valence-electron chi connectivity index (χ4n) is 2.74. The van der Waals surface area contributed by atoms with Crippen LogP contribution in [0.15, 0.2) is 22.6 Å². The van der Waals surface area contributed by atoms with Gasteiger partial charge in [0.15, 0.2) is 11.5 Å². The van der Waals surface area contributed by atoms with Gasteiger partial charge in [-0.25, -0.2) is 4.98 Å². The molecule has 120 valence electrons. The highest BCUT2D eigenvalue weighted by Crippen LogP contribution is 2.20. The first-order chi connectivity index (χ1) is 10.2. The van der Waals surface area contributed by atoms with Crippen LogP contribution >= 0.6 is 12.4 Å². The lowest BCUT2D eigenvalue weighted by atomic mass is 10.1. The fourth-order valence-corrected chi connectivity index (χ4v) is 2.74. The number of carbonyl (C=O) groups excluding carboxylic acids is 1. The summed E-state index contributed by atoms with van der Waals surface area (Å²) < 4.78 is 5.56. The summed E-state index contributed by atoms with van der Waals surface area (Å²) in [7, 11) is 0. The van der Waals surface area contributed by atoms with Gasteiger partial charge in [0, 0.05) is 24.6 Å². The van der Waals surface area contributed by atoms with E-state index in [0.29, 0.717) is 12.5 Å². The molecule has 0 spiro atoms. The van der Waals surface area contributed by atoms with E-state index in [0.717, 1.165) is 42.1 Å². The van der Waals surface area contributed by atoms with Crippen LogP contribution in [-0.4, -0.2) is 23.5 Å². The van der Waals surface area contributed by atoms with E-state index in [2.05, 4.69) is 15.6 Å². The van der Waals surface area contributed by atoms with Crippen molar-refractivity contribution in [3.8, 4) is 0 Å². The SMILES string of the molecule is CCc1nc2cc(NC(=O)CCC3CCCN3)ccc2o1.Cl. The Labute approximate surface area is 136 Å². The monoisotopic (exact) mass is 323 g/mol. The summed E-state index contributed by atoms with van der Waals surface area (Å²) in [6.45, 7) is 3.08. The third-order valence-corrected chi connectivity index (χ3v) is 3.90. The van der Waals surface area contributed by atoms with Gasteiger partial charge in [0.2, 0.25) is 5.91 Å². The van der Waals surface area contributed by atoms with Crippen molar-refractivity contribution >= 4 is 35.1 Å². The van der Waals surface area contributed by atoms with Crippen LogP contribution in [0.2, 0.25) is 0 Å². The van der Waals surface area contributed by atoms with Crippen LogP contribution in [0.1, 0.15) is 38.5 Å². The number of carbonyl (C=O) groups is 1. The molecule has 1 aromatic heterocycles. The maximum absolute atomic E-state index is 12.0. The first-order valence-corrected chi connectivity index (χ1v) is 7.67. The second kappa shape index (κ2) is 7.61. The molecule has 22 heavy (non-hydrogen) atoms. The van der Waals surface area contributed by atoms with Gasteiger partial charge in [0.25, 0.3) is 0 Å². The van der Waals surface area contributed by atoms with E-state index in [4.69, 9.17) is 4.42 Å². The minimum atomic E-state index is 0. The molecule has 0 saturated carbocycles. The highest BCUT2D eigenvalue weighted by Gasteiger charge is 2.15. The zero-order valence-electron chi connectivity index (χ0n) is 12.7. The number of nitrogens with one attached hydrogen (secondary N) is 2. The van der Waals surface area contributed by atoms with Crippen LogP contribution in [-0.2, 0) is 11.2 Å². The number of halogens is 1. The second-order valence-corrected chi connectivity index (χ2v) is 5.52.